The average molecular weight is 338 g/mol. The fraction of sp³-hybridized carbons (Fsp3) is 0.562. The Morgan fingerprint density at radius 2 is 2.26 bits per heavy atom. The molecule has 1 amide bonds. The molecule has 1 saturated carbocycles. The predicted molar refractivity (Wildman–Crippen MR) is 87.3 cm³/mol. The standard InChI is InChI=1S/C16H22N2O4S/c1-12-11-14(12)15-5-3-13(22-15)4-6-16(19)17-7-9-18-8-2-10-23(18,20)21/h3-6,12,14H,2,7-11H2,1H3,(H,17,19)/b6-4+/t12-,14-/m1/s1. The van der Waals surface area contributed by atoms with Gasteiger partial charge in [-0.2, -0.15) is 0 Å². The van der Waals surface area contributed by atoms with E-state index in [1.165, 1.54) is 10.4 Å². The fourth-order valence-corrected chi connectivity index (χ4v) is 4.37. The third-order valence-corrected chi connectivity index (χ3v) is 6.34. The first-order valence-corrected chi connectivity index (χ1v) is 9.60. The van der Waals surface area contributed by atoms with Crippen LogP contribution < -0.4 is 5.32 Å². The van der Waals surface area contributed by atoms with Crippen LogP contribution in [-0.2, 0) is 14.8 Å². The molecule has 0 bridgehead atoms. The summed E-state index contributed by atoms with van der Waals surface area (Å²) in [5, 5.41) is 2.69. The molecule has 2 aliphatic rings. The van der Waals surface area contributed by atoms with E-state index >= 15 is 0 Å². The van der Waals surface area contributed by atoms with Gasteiger partial charge in [0.15, 0.2) is 0 Å². The lowest BCUT2D eigenvalue weighted by molar-refractivity contribution is -0.116. The summed E-state index contributed by atoms with van der Waals surface area (Å²) in [6.07, 6.45) is 4.88. The first kappa shape index (κ1) is 16.3. The van der Waals surface area contributed by atoms with Crippen LogP contribution in [0.25, 0.3) is 6.08 Å². The van der Waals surface area contributed by atoms with E-state index in [0.29, 0.717) is 43.7 Å². The van der Waals surface area contributed by atoms with Gasteiger partial charge in [-0.25, -0.2) is 12.7 Å². The van der Waals surface area contributed by atoms with Gasteiger partial charge in [0.1, 0.15) is 11.5 Å². The van der Waals surface area contributed by atoms with E-state index in [1.54, 1.807) is 6.08 Å². The summed E-state index contributed by atoms with van der Waals surface area (Å²) < 4.78 is 30.4. The molecule has 1 saturated heterocycles. The van der Waals surface area contributed by atoms with Crippen molar-refractivity contribution < 1.29 is 17.6 Å². The van der Waals surface area contributed by atoms with Crippen molar-refractivity contribution in [3.63, 3.8) is 0 Å². The highest BCUT2D eigenvalue weighted by molar-refractivity contribution is 7.89. The molecule has 0 unspecified atom stereocenters. The molecule has 0 radical (unpaired) electrons. The van der Waals surface area contributed by atoms with Gasteiger partial charge in [-0.05, 0) is 37.0 Å². The molecule has 6 nitrogen and oxygen atoms in total. The van der Waals surface area contributed by atoms with E-state index in [2.05, 4.69) is 12.2 Å². The minimum Gasteiger partial charge on any atom is -0.461 e. The van der Waals surface area contributed by atoms with Gasteiger partial charge in [-0.15, -0.1) is 0 Å². The molecule has 0 aromatic carbocycles. The number of furan rings is 1. The van der Waals surface area contributed by atoms with Crippen LogP contribution in [0, 0.1) is 5.92 Å². The van der Waals surface area contributed by atoms with E-state index in [0.717, 1.165) is 12.2 Å². The van der Waals surface area contributed by atoms with Gasteiger partial charge >= 0.3 is 0 Å². The molecule has 23 heavy (non-hydrogen) atoms. The molecule has 0 spiro atoms. The number of carbonyl (C=O) groups excluding carboxylic acids is 1. The maximum absolute atomic E-state index is 11.7. The zero-order valence-electron chi connectivity index (χ0n) is 13.2. The third kappa shape index (κ3) is 4.03. The Morgan fingerprint density at radius 1 is 1.48 bits per heavy atom. The molecule has 1 aliphatic carbocycles. The highest BCUT2D eigenvalue weighted by Gasteiger charge is 2.36. The fourth-order valence-electron chi connectivity index (χ4n) is 2.84. The van der Waals surface area contributed by atoms with Crippen LogP contribution in [0.3, 0.4) is 0 Å². The number of nitrogens with zero attached hydrogens (tertiary/aromatic N) is 1. The summed E-state index contributed by atoms with van der Waals surface area (Å²) in [6.45, 7) is 3.37. The molecule has 126 valence electrons. The van der Waals surface area contributed by atoms with Crippen LogP contribution in [0.4, 0.5) is 0 Å². The number of sulfonamides is 1. The van der Waals surface area contributed by atoms with Crippen molar-refractivity contribution >= 4 is 22.0 Å². The summed E-state index contributed by atoms with van der Waals surface area (Å²) in [4.78, 5) is 11.7. The normalized spacial score (nSPS) is 26.7. The van der Waals surface area contributed by atoms with Crippen LogP contribution in [0.5, 0.6) is 0 Å². The monoisotopic (exact) mass is 338 g/mol. The highest BCUT2D eigenvalue weighted by Crippen LogP contribution is 2.47. The Hall–Kier alpha value is -1.60. The molecule has 7 heteroatoms. The number of amides is 1. The Balaban J connectivity index is 1.43. The maximum atomic E-state index is 11.7. The van der Waals surface area contributed by atoms with E-state index in [1.807, 2.05) is 12.1 Å². The number of nitrogens with one attached hydrogen (secondary N) is 1. The van der Waals surface area contributed by atoms with Crippen molar-refractivity contribution in [2.75, 3.05) is 25.4 Å². The van der Waals surface area contributed by atoms with E-state index in [-0.39, 0.29) is 11.7 Å². The highest BCUT2D eigenvalue weighted by atomic mass is 32.2. The van der Waals surface area contributed by atoms with Crippen LogP contribution in [0.15, 0.2) is 22.6 Å². The van der Waals surface area contributed by atoms with Gasteiger partial charge in [-0.3, -0.25) is 4.79 Å². The maximum Gasteiger partial charge on any atom is 0.244 e. The van der Waals surface area contributed by atoms with Crippen molar-refractivity contribution in [1.29, 1.82) is 0 Å². The lowest BCUT2D eigenvalue weighted by Crippen LogP contribution is -2.35. The summed E-state index contributed by atoms with van der Waals surface area (Å²) in [6, 6.07) is 3.82. The quantitative estimate of drug-likeness (QED) is 0.799. The number of carbonyl (C=O) groups is 1. The van der Waals surface area contributed by atoms with Crippen LogP contribution in [-0.4, -0.2) is 44.0 Å². The van der Waals surface area contributed by atoms with Crippen molar-refractivity contribution in [3.05, 3.63) is 29.7 Å². The molecule has 1 N–H and O–H groups in total. The smallest absolute Gasteiger partial charge is 0.244 e. The predicted octanol–water partition coefficient (Wildman–Crippen LogP) is 1.57. The summed E-state index contributed by atoms with van der Waals surface area (Å²) >= 11 is 0. The number of rotatable bonds is 6. The van der Waals surface area contributed by atoms with Gasteiger partial charge in [0.25, 0.3) is 0 Å². The van der Waals surface area contributed by atoms with Gasteiger partial charge in [0.2, 0.25) is 15.9 Å². The van der Waals surface area contributed by atoms with Crippen LogP contribution in [0.2, 0.25) is 0 Å². The topological polar surface area (TPSA) is 79.6 Å². The molecule has 1 aliphatic heterocycles. The summed E-state index contributed by atoms with van der Waals surface area (Å²) in [5.41, 5.74) is 0. The van der Waals surface area contributed by atoms with E-state index in [4.69, 9.17) is 4.42 Å². The third-order valence-electron chi connectivity index (χ3n) is 4.39. The van der Waals surface area contributed by atoms with Crippen LogP contribution in [0.1, 0.15) is 37.2 Å². The van der Waals surface area contributed by atoms with E-state index in [9.17, 15) is 13.2 Å². The second kappa shape index (κ2) is 6.49. The SMILES string of the molecule is C[C@@H]1C[C@H]1c1ccc(/C=C/C(=O)NCCN2CCCS2(=O)=O)o1. The molecule has 2 fully saturated rings. The van der Waals surface area contributed by atoms with Gasteiger partial charge in [-0.1, -0.05) is 6.92 Å². The molecule has 1 aromatic heterocycles. The number of hydrogen-bond acceptors (Lipinski definition) is 4. The van der Waals surface area contributed by atoms with Crippen LogP contribution >= 0.6 is 0 Å². The van der Waals surface area contributed by atoms with Gasteiger partial charge < -0.3 is 9.73 Å². The first-order chi connectivity index (χ1) is 11.0. The Morgan fingerprint density at radius 3 is 2.91 bits per heavy atom. The Bertz CT molecular complexity index is 707. The van der Waals surface area contributed by atoms with E-state index < -0.39 is 10.0 Å². The second-order valence-electron chi connectivity index (χ2n) is 6.25. The minimum absolute atomic E-state index is 0.210. The molecule has 1 aromatic rings. The minimum atomic E-state index is -3.10. The van der Waals surface area contributed by atoms with Gasteiger partial charge in [0.05, 0.1) is 5.75 Å². The average Bonchev–Trinajstić information content (AvgIpc) is 2.92. The zero-order chi connectivity index (χ0) is 16.4. The molecular formula is C16H22N2O4S. The molecular weight excluding hydrogens is 316 g/mol. The number of hydrogen-bond donors (Lipinski definition) is 1. The largest absolute Gasteiger partial charge is 0.461 e. The van der Waals surface area contributed by atoms with Crippen molar-refractivity contribution in [2.24, 2.45) is 5.92 Å². The van der Waals surface area contributed by atoms with Crippen molar-refractivity contribution in [3.8, 4) is 0 Å². The summed E-state index contributed by atoms with van der Waals surface area (Å²) in [7, 11) is -3.10. The molecule has 2 heterocycles. The Kier molecular flexibility index (Phi) is 4.59. The lowest BCUT2D eigenvalue weighted by atomic mass is 10.3. The van der Waals surface area contributed by atoms with Crippen molar-refractivity contribution in [1.82, 2.24) is 9.62 Å². The zero-order valence-corrected chi connectivity index (χ0v) is 14.0. The van der Waals surface area contributed by atoms with Gasteiger partial charge in [0, 0.05) is 31.6 Å². The lowest BCUT2D eigenvalue weighted by Gasteiger charge is -2.13. The first-order valence-electron chi connectivity index (χ1n) is 7.99. The van der Waals surface area contributed by atoms with Crippen molar-refractivity contribution in [2.45, 2.75) is 25.7 Å². The molecule has 3 rings (SSSR count). The second-order valence-corrected chi connectivity index (χ2v) is 8.34. The summed E-state index contributed by atoms with van der Waals surface area (Å²) in [5.74, 6) is 2.81. The molecule has 2 atom stereocenters. The Labute approximate surface area is 136 Å².